The van der Waals surface area contributed by atoms with Gasteiger partial charge in [0.1, 0.15) is 17.5 Å². The van der Waals surface area contributed by atoms with Gasteiger partial charge < -0.3 is 0 Å². The number of aromatic nitrogens is 1. The van der Waals surface area contributed by atoms with Crippen LogP contribution < -0.4 is 0 Å². The number of thioether (sulfide) groups is 1. The Hall–Kier alpha value is -2.15. The van der Waals surface area contributed by atoms with E-state index in [0.717, 1.165) is 60.2 Å². The molecule has 1 heterocycles. The van der Waals surface area contributed by atoms with Gasteiger partial charge in [-0.05, 0) is 72.8 Å². The molecule has 1 aromatic heterocycles. The molecular weight excluding hydrogens is 459 g/mol. The summed E-state index contributed by atoms with van der Waals surface area (Å²) < 4.78 is 38.3. The zero-order valence-corrected chi connectivity index (χ0v) is 20.6. The molecule has 0 bridgehead atoms. The molecule has 2 saturated carbocycles. The van der Waals surface area contributed by atoms with Crippen LogP contribution in [-0.2, 0) is 28.6 Å². The van der Waals surface area contributed by atoms with Crippen molar-refractivity contribution in [1.29, 1.82) is 0 Å². The van der Waals surface area contributed by atoms with Gasteiger partial charge in [0.15, 0.2) is 0 Å². The molecule has 0 atom stereocenters. The second-order valence-corrected chi connectivity index (χ2v) is 10.7. The predicted molar refractivity (Wildman–Crippen MR) is 127 cm³/mol. The second kappa shape index (κ2) is 9.48. The second-order valence-electron chi connectivity index (χ2n) is 9.71. The molecule has 1 aromatic carbocycles. The third-order valence-electron chi connectivity index (χ3n) is 7.41. The summed E-state index contributed by atoms with van der Waals surface area (Å²) in [4.78, 5) is 30.7. The van der Waals surface area contributed by atoms with Crippen LogP contribution in [0.3, 0.4) is 0 Å². The third-order valence-corrected chi connectivity index (χ3v) is 8.67. The number of ketones is 2. The third kappa shape index (κ3) is 4.95. The molecule has 182 valence electrons. The number of halogens is 3. The van der Waals surface area contributed by atoms with Crippen LogP contribution in [0.2, 0.25) is 0 Å². The first-order valence-electron chi connectivity index (χ1n) is 11.9. The number of carbonyl (C=O) groups is 2. The molecule has 0 aliphatic heterocycles. The van der Waals surface area contributed by atoms with Crippen LogP contribution in [0.4, 0.5) is 13.2 Å². The molecule has 0 saturated heterocycles. The number of alkyl halides is 3. The first kappa shape index (κ1) is 25.0. The number of hydrogen-bond donors (Lipinski definition) is 0. The van der Waals surface area contributed by atoms with Crippen LogP contribution in [0.25, 0.3) is 0 Å². The van der Waals surface area contributed by atoms with Crippen LogP contribution in [0.5, 0.6) is 0 Å². The fourth-order valence-electron chi connectivity index (χ4n) is 5.32. The summed E-state index contributed by atoms with van der Waals surface area (Å²) in [5, 5.41) is 0.533. The lowest BCUT2D eigenvalue weighted by molar-refractivity contribution is -0.138. The van der Waals surface area contributed by atoms with Gasteiger partial charge in [-0.3, -0.25) is 9.59 Å². The lowest BCUT2D eigenvalue weighted by Crippen LogP contribution is -2.37. The quantitative estimate of drug-likeness (QED) is 0.319. The SMILES string of the molecule is CCc1cc(C)cc(CC)c1C1C(=O)CC(C2(CSc3ccc(C(F)(F)F)cn3)CC2)CC1=O. The molecule has 2 aliphatic carbocycles. The van der Waals surface area contributed by atoms with E-state index >= 15 is 0 Å². The van der Waals surface area contributed by atoms with Crippen molar-refractivity contribution in [3.05, 3.63) is 58.3 Å². The van der Waals surface area contributed by atoms with Crippen molar-refractivity contribution in [2.45, 2.75) is 76.4 Å². The van der Waals surface area contributed by atoms with Gasteiger partial charge >= 0.3 is 6.18 Å². The average Bonchev–Trinajstić information content (AvgIpc) is 3.58. The van der Waals surface area contributed by atoms with Gasteiger partial charge in [0, 0.05) is 24.8 Å². The molecule has 0 amide bonds. The molecule has 2 aromatic rings. The first-order valence-corrected chi connectivity index (χ1v) is 12.9. The van der Waals surface area contributed by atoms with Crippen molar-refractivity contribution in [2.24, 2.45) is 11.3 Å². The van der Waals surface area contributed by atoms with Gasteiger partial charge in [0.25, 0.3) is 0 Å². The van der Waals surface area contributed by atoms with Crippen molar-refractivity contribution in [1.82, 2.24) is 4.98 Å². The van der Waals surface area contributed by atoms with E-state index in [2.05, 4.69) is 31.0 Å². The number of pyridine rings is 1. The van der Waals surface area contributed by atoms with E-state index in [0.29, 0.717) is 23.6 Å². The Bertz CT molecular complexity index is 1050. The lowest BCUT2D eigenvalue weighted by atomic mass is 9.69. The minimum absolute atomic E-state index is 0.00806. The van der Waals surface area contributed by atoms with E-state index in [4.69, 9.17) is 0 Å². The minimum atomic E-state index is -4.40. The molecule has 0 unspecified atom stereocenters. The molecule has 0 N–H and O–H groups in total. The van der Waals surface area contributed by atoms with Gasteiger partial charge in [-0.1, -0.05) is 31.5 Å². The number of hydrogen-bond acceptors (Lipinski definition) is 4. The molecule has 7 heteroatoms. The molecular formula is C27H30F3NO2S. The van der Waals surface area contributed by atoms with Crippen LogP contribution in [0.15, 0.2) is 35.5 Å². The Labute approximate surface area is 202 Å². The highest BCUT2D eigenvalue weighted by Crippen LogP contribution is 2.58. The number of nitrogens with zero attached hydrogens (tertiary/aromatic N) is 1. The van der Waals surface area contributed by atoms with Gasteiger partial charge in [0.2, 0.25) is 0 Å². The van der Waals surface area contributed by atoms with Crippen molar-refractivity contribution >= 4 is 23.3 Å². The van der Waals surface area contributed by atoms with Gasteiger partial charge in [-0.15, -0.1) is 11.8 Å². The summed E-state index contributed by atoms with van der Waals surface area (Å²) in [6, 6.07) is 6.63. The van der Waals surface area contributed by atoms with Crippen molar-refractivity contribution in [3.63, 3.8) is 0 Å². The van der Waals surface area contributed by atoms with Crippen LogP contribution >= 0.6 is 11.8 Å². The lowest BCUT2D eigenvalue weighted by Gasteiger charge is -2.34. The largest absolute Gasteiger partial charge is 0.417 e. The smallest absolute Gasteiger partial charge is 0.299 e. The molecule has 2 aliphatic rings. The Morgan fingerprint density at radius 3 is 2.06 bits per heavy atom. The summed E-state index contributed by atoms with van der Waals surface area (Å²) in [6.45, 7) is 6.16. The monoisotopic (exact) mass is 489 g/mol. The zero-order valence-electron chi connectivity index (χ0n) is 19.8. The molecule has 0 radical (unpaired) electrons. The number of rotatable bonds is 7. The van der Waals surface area contributed by atoms with Crippen molar-refractivity contribution < 1.29 is 22.8 Å². The fraction of sp³-hybridized carbons (Fsp3) is 0.519. The van der Waals surface area contributed by atoms with E-state index < -0.39 is 17.7 Å². The maximum absolute atomic E-state index is 13.4. The van der Waals surface area contributed by atoms with E-state index in [9.17, 15) is 22.8 Å². The molecule has 0 spiro atoms. The number of benzene rings is 1. The highest BCUT2D eigenvalue weighted by molar-refractivity contribution is 7.99. The van der Waals surface area contributed by atoms with Crippen LogP contribution in [-0.4, -0.2) is 22.3 Å². The molecule has 4 rings (SSSR count). The Kier molecular flexibility index (Phi) is 6.96. The summed E-state index contributed by atoms with van der Waals surface area (Å²) in [5.41, 5.74) is 3.38. The Morgan fingerprint density at radius 2 is 1.62 bits per heavy atom. The zero-order chi connectivity index (χ0) is 24.7. The molecule has 3 nitrogen and oxygen atoms in total. The van der Waals surface area contributed by atoms with Gasteiger partial charge in [-0.25, -0.2) is 4.98 Å². The maximum Gasteiger partial charge on any atom is 0.417 e. The summed E-state index contributed by atoms with van der Waals surface area (Å²) >= 11 is 1.42. The summed E-state index contributed by atoms with van der Waals surface area (Å²) in [5.74, 6) is 0.0107. The normalized spacial score (nSPS) is 22.2. The van der Waals surface area contributed by atoms with E-state index in [1.807, 2.05) is 6.92 Å². The minimum Gasteiger partial charge on any atom is -0.299 e. The van der Waals surface area contributed by atoms with E-state index in [-0.39, 0.29) is 22.9 Å². The average molecular weight is 490 g/mol. The summed E-state index contributed by atoms with van der Waals surface area (Å²) in [6.07, 6.45) is 0.660. The Morgan fingerprint density at radius 1 is 1.03 bits per heavy atom. The predicted octanol–water partition coefficient (Wildman–Crippen LogP) is 6.74. The fourth-order valence-corrected chi connectivity index (χ4v) is 6.57. The molecule has 2 fully saturated rings. The van der Waals surface area contributed by atoms with Gasteiger partial charge in [0.05, 0.1) is 10.6 Å². The highest BCUT2D eigenvalue weighted by atomic mass is 32.2. The van der Waals surface area contributed by atoms with Crippen molar-refractivity contribution in [2.75, 3.05) is 5.75 Å². The van der Waals surface area contributed by atoms with E-state index in [1.165, 1.54) is 17.8 Å². The van der Waals surface area contributed by atoms with Gasteiger partial charge in [-0.2, -0.15) is 13.2 Å². The van der Waals surface area contributed by atoms with Crippen LogP contribution in [0.1, 0.15) is 73.3 Å². The Balaban J connectivity index is 1.48. The van der Waals surface area contributed by atoms with Crippen molar-refractivity contribution in [3.8, 4) is 0 Å². The number of Topliss-reactive ketones (excluding diaryl/α,β-unsaturated/α-hetero) is 2. The maximum atomic E-state index is 13.4. The standard InChI is InChI=1S/C27H30F3NO2S/c1-4-17-10-16(3)11-18(5-2)24(17)25-21(32)12-20(13-22(25)33)26(8-9-26)15-34-23-7-6-19(14-31-23)27(28,29)30/h6-7,10-11,14,20,25H,4-5,8-9,12-13,15H2,1-3H3. The van der Waals surface area contributed by atoms with E-state index in [1.54, 1.807) is 0 Å². The summed E-state index contributed by atoms with van der Waals surface area (Å²) in [7, 11) is 0. The highest BCUT2D eigenvalue weighted by Gasteiger charge is 2.53. The van der Waals surface area contributed by atoms with Crippen LogP contribution in [0, 0.1) is 18.3 Å². The number of aryl methyl sites for hydroxylation is 3. The first-order chi connectivity index (χ1) is 16.1. The topological polar surface area (TPSA) is 47.0 Å². The molecule has 34 heavy (non-hydrogen) atoms. The number of carbonyl (C=O) groups excluding carboxylic acids is 2.